The van der Waals surface area contributed by atoms with E-state index < -0.39 is 0 Å². The number of amides is 1. The number of nitrogens with one attached hydrogen (secondary N) is 1. The predicted molar refractivity (Wildman–Crippen MR) is 89.9 cm³/mol. The van der Waals surface area contributed by atoms with Crippen molar-refractivity contribution in [3.8, 4) is 0 Å². The monoisotopic (exact) mass is 293 g/mol. The summed E-state index contributed by atoms with van der Waals surface area (Å²) in [4.78, 5) is 12.7. The molecule has 1 aliphatic carbocycles. The molecule has 114 valence electrons. The fraction of sp³-hybridized carbons (Fsp3) is 0.350. The van der Waals surface area contributed by atoms with Gasteiger partial charge in [-0.25, -0.2) is 0 Å². The molecule has 2 nitrogen and oxygen atoms in total. The normalized spacial score (nSPS) is 18.4. The van der Waals surface area contributed by atoms with Crippen molar-refractivity contribution in [3.05, 3.63) is 70.8 Å². The summed E-state index contributed by atoms with van der Waals surface area (Å²) in [7, 11) is 0. The summed E-state index contributed by atoms with van der Waals surface area (Å²) in [6.07, 6.45) is 3.13. The van der Waals surface area contributed by atoms with Crippen molar-refractivity contribution in [1.82, 2.24) is 5.32 Å². The Bertz CT molecular complexity index is 660. The van der Waals surface area contributed by atoms with E-state index in [1.165, 1.54) is 16.7 Å². The first kappa shape index (κ1) is 14.8. The summed E-state index contributed by atoms with van der Waals surface area (Å²) in [5, 5.41) is 3.19. The van der Waals surface area contributed by atoms with E-state index in [2.05, 4.69) is 61.6 Å². The molecule has 2 aromatic rings. The molecule has 0 aliphatic heterocycles. The van der Waals surface area contributed by atoms with E-state index in [0.717, 1.165) is 24.8 Å². The molecule has 2 heteroatoms. The molecule has 22 heavy (non-hydrogen) atoms. The maximum absolute atomic E-state index is 12.7. The Morgan fingerprint density at radius 1 is 1.14 bits per heavy atom. The highest BCUT2D eigenvalue weighted by molar-refractivity contribution is 5.84. The van der Waals surface area contributed by atoms with Crippen molar-refractivity contribution >= 4 is 5.91 Å². The molecule has 0 heterocycles. The average molecular weight is 293 g/mol. The lowest BCUT2D eigenvalue weighted by molar-refractivity contribution is -0.123. The fourth-order valence-electron chi connectivity index (χ4n) is 3.28. The van der Waals surface area contributed by atoms with Gasteiger partial charge in [-0.2, -0.15) is 0 Å². The van der Waals surface area contributed by atoms with Gasteiger partial charge in [0.05, 0.1) is 12.0 Å². The molecule has 0 fully saturated rings. The third-order valence-corrected chi connectivity index (χ3v) is 4.62. The van der Waals surface area contributed by atoms with Gasteiger partial charge in [0.2, 0.25) is 5.91 Å². The number of hydrogen-bond acceptors (Lipinski definition) is 1. The van der Waals surface area contributed by atoms with Gasteiger partial charge in [-0.1, -0.05) is 54.1 Å². The van der Waals surface area contributed by atoms with Crippen molar-refractivity contribution < 1.29 is 4.79 Å². The van der Waals surface area contributed by atoms with Crippen LogP contribution in [0, 0.1) is 6.92 Å². The van der Waals surface area contributed by atoms with Crippen LogP contribution in [0.5, 0.6) is 0 Å². The molecule has 0 radical (unpaired) electrons. The van der Waals surface area contributed by atoms with Crippen molar-refractivity contribution in [2.24, 2.45) is 0 Å². The van der Waals surface area contributed by atoms with Gasteiger partial charge in [0.1, 0.15) is 0 Å². The van der Waals surface area contributed by atoms with E-state index in [9.17, 15) is 4.79 Å². The molecule has 1 amide bonds. The number of fused-ring (bicyclic) bond motifs is 1. The molecule has 0 spiro atoms. The van der Waals surface area contributed by atoms with Crippen LogP contribution in [0.4, 0.5) is 0 Å². The number of benzene rings is 2. The number of carbonyl (C=O) groups excluding carboxylic acids is 1. The lowest BCUT2D eigenvalue weighted by Crippen LogP contribution is -2.33. The number of aryl methyl sites for hydroxylation is 2. The third kappa shape index (κ3) is 3.06. The van der Waals surface area contributed by atoms with Gasteiger partial charge in [-0.05, 0) is 49.8 Å². The Labute approximate surface area is 132 Å². The topological polar surface area (TPSA) is 29.1 Å². The quantitative estimate of drug-likeness (QED) is 0.898. The summed E-state index contributed by atoms with van der Waals surface area (Å²) < 4.78 is 0. The van der Waals surface area contributed by atoms with Gasteiger partial charge in [0, 0.05) is 0 Å². The number of rotatable bonds is 3. The molecule has 1 aliphatic rings. The van der Waals surface area contributed by atoms with Crippen LogP contribution >= 0.6 is 0 Å². The first-order valence-corrected chi connectivity index (χ1v) is 8.10. The van der Waals surface area contributed by atoms with E-state index in [4.69, 9.17) is 0 Å². The molecule has 0 aromatic heterocycles. The molecular formula is C20H23NO. The van der Waals surface area contributed by atoms with Crippen molar-refractivity contribution in [2.45, 2.75) is 45.1 Å². The number of hydrogen-bond donors (Lipinski definition) is 1. The Hall–Kier alpha value is -2.09. The SMILES string of the molecule is Cc1ccc(C(C)NC(=O)C2CCCc3ccccc32)cc1. The molecule has 2 aromatic carbocycles. The van der Waals surface area contributed by atoms with Gasteiger partial charge >= 0.3 is 0 Å². The minimum atomic E-state index is -0.00199. The van der Waals surface area contributed by atoms with E-state index in [1.54, 1.807) is 0 Å². The molecule has 3 rings (SSSR count). The van der Waals surface area contributed by atoms with Crippen molar-refractivity contribution in [1.29, 1.82) is 0 Å². The van der Waals surface area contributed by atoms with Crippen LogP contribution in [0.15, 0.2) is 48.5 Å². The van der Waals surface area contributed by atoms with Gasteiger partial charge in [0.25, 0.3) is 0 Å². The molecule has 2 unspecified atom stereocenters. The molecule has 1 N–H and O–H groups in total. The van der Waals surface area contributed by atoms with Gasteiger partial charge in [-0.15, -0.1) is 0 Å². The minimum absolute atomic E-state index is 0.00199. The fourth-order valence-corrected chi connectivity index (χ4v) is 3.28. The Balaban J connectivity index is 1.74. The zero-order valence-corrected chi connectivity index (χ0v) is 13.3. The maximum atomic E-state index is 12.7. The first-order chi connectivity index (χ1) is 10.6. The van der Waals surface area contributed by atoms with Crippen LogP contribution in [0.2, 0.25) is 0 Å². The Morgan fingerprint density at radius 3 is 2.64 bits per heavy atom. The minimum Gasteiger partial charge on any atom is -0.349 e. The van der Waals surface area contributed by atoms with E-state index in [0.29, 0.717) is 0 Å². The van der Waals surface area contributed by atoms with Crippen LogP contribution < -0.4 is 5.32 Å². The lowest BCUT2D eigenvalue weighted by Gasteiger charge is -2.26. The van der Waals surface area contributed by atoms with E-state index in [1.807, 2.05) is 6.07 Å². The lowest BCUT2D eigenvalue weighted by atomic mass is 9.82. The second-order valence-electron chi connectivity index (χ2n) is 6.28. The summed E-state index contributed by atoms with van der Waals surface area (Å²) in [6.45, 7) is 4.13. The zero-order valence-electron chi connectivity index (χ0n) is 13.3. The molecular weight excluding hydrogens is 270 g/mol. The van der Waals surface area contributed by atoms with Crippen LogP contribution in [-0.4, -0.2) is 5.91 Å². The smallest absolute Gasteiger partial charge is 0.228 e. The molecule has 0 saturated heterocycles. The molecule has 0 saturated carbocycles. The summed E-state index contributed by atoms with van der Waals surface area (Å²) in [5.41, 5.74) is 4.94. The van der Waals surface area contributed by atoms with Crippen molar-refractivity contribution in [3.63, 3.8) is 0 Å². The second kappa shape index (κ2) is 6.35. The second-order valence-corrected chi connectivity index (χ2v) is 6.28. The highest BCUT2D eigenvalue weighted by Gasteiger charge is 2.26. The van der Waals surface area contributed by atoms with E-state index >= 15 is 0 Å². The molecule has 2 atom stereocenters. The standard InChI is InChI=1S/C20H23NO/c1-14-10-12-16(13-11-14)15(2)21-20(22)19-9-5-7-17-6-3-4-8-18(17)19/h3-4,6,8,10-13,15,19H,5,7,9H2,1-2H3,(H,21,22). The average Bonchev–Trinajstić information content (AvgIpc) is 2.54. The summed E-state index contributed by atoms with van der Waals surface area (Å²) in [6, 6.07) is 16.8. The predicted octanol–water partition coefficient (Wildman–Crippen LogP) is 4.29. The first-order valence-electron chi connectivity index (χ1n) is 8.10. The van der Waals surface area contributed by atoms with Crippen LogP contribution in [0.3, 0.4) is 0 Å². The summed E-state index contributed by atoms with van der Waals surface area (Å²) in [5.74, 6) is 0.151. The highest BCUT2D eigenvalue weighted by atomic mass is 16.1. The largest absolute Gasteiger partial charge is 0.349 e. The van der Waals surface area contributed by atoms with Gasteiger partial charge in [0.15, 0.2) is 0 Å². The van der Waals surface area contributed by atoms with Gasteiger partial charge in [-0.3, -0.25) is 4.79 Å². The zero-order chi connectivity index (χ0) is 15.5. The maximum Gasteiger partial charge on any atom is 0.228 e. The van der Waals surface area contributed by atoms with Crippen molar-refractivity contribution in [2.75, 3.05) is 0 Å². The Kier molecular flexibility index (Phi) is 4.28. The highest BCUT2D eigenvalue weighted by Crippen LogP contribution is 2.32. The van der Waals surface area contributed by atoms with Crippen LogP contribution in [0.25, 0.3) is 0 Å². The molecule has 0 bridgehead atoms. The van der Waals surface area contributed by atoms with Crippen LogP contribution in [-0.2, 0) is 11.2 Å². The third-order valence-electron chi connectivity index (χ3n) is 4.62. The van der Waals surface area contributed by atoms with Gasteiger partial charge < -0.3 is 5.32 Å². The van der Waals surface area contributed by atoms with Crippen LogP contribution in [0.1, 0.15) is 54.0 Å². The van der Waals surface area contributed by atoms with E-state index in [-0.39, 0.29) is 17.9 Å². The summed E-state index contributed by atoms with van der Waals surface area (Å²) >= 11 is 0. The number of carbonyl (C=O) groups is 1. The Morgan fingerprint density at radius 2 is 1.86 bits per heavy atom.